The molecule has 0 spiro atoms. The van der Waals surface area contributed by atoms with Crippen molar-refractivity contribution in [2.75, 3.05) is 6.54 Å². The van der Waals surface area contributed by atoms with Gasteiger partial charge in [-0.25, -0.2) is 4.98 Å². The molecule has 0 saturated heterocycles. The standard InChI is InChI=1S/C24H24N4O2/c1-16-12-20(15-29)21-7-3-5-18(23(21)28-16)13-17-4-2-6-19(14-17)24(30)27-9-8-22-25-10-11-26-22/h2-7,10-12,14,29H,8-9,13,15H2,1H3,(H,25,26)(H,27,30). The number of aromatic nitrogens is 3. The number of hydrogen-bond donors (Lipinski definition) is 3. The number of amides is 1. The molecule has 2 aromatic carbocycles. The minimum atomic E-state index is -0.0992. The van der Waals surface area contributed by atoms with E-state index in [0.717, 1.165) is 39.1 Å². The maximum atomic E-state index is 12.5. The van der Waals surface area contributed by atoms with E-state index in [0.29, 0.717) is 24.9 Å². The predicted octanol–water partition coefficient (Wildman–Crippen LogP) is 3.32. The summed E-state index contributed by atoms with van der Waals surface area (Å²) in [6.45, 7) is 2.44. The topological polar surface area (TPSA) is 90.9 Å². The molecule has 152 valence electrons. The lowest BCUT2D eigenvalue weighted by Gasteiger charge is -2.11. The van der Waals surface area contributed by atoms with Crippen LogP contribution >= 0.6 is 0 Å². The lowest BCUT2D eigenvalue weighted by molar-refractivity contribution is 0.0954. The van der Waals surface area contributed by atoms with Crippen LogP contribution in [0.1, 0.15) is 38.6 Å². The summed E-state index contributed by atoms with van der Waals surface area (Å²) in [5.74, 6) is 0.753. The Balaban J connectivity index is 1.52. The second-order valence-corrected chi connectivity index (χ2v) is 7.31. The van der Waals surface area contributed by atoms with Gasteiger partial charge in [-0.1, -0.05) is 30.3 Å². The Morgan fingerprint density at radius 2 is 2.00 bits per heavy atom. The van der Waals surface area contributed by atoms with Crippen molar-refractivity contribution in [3.8, 4) is 0 Å². The molecule has 2 aromatic heterocycles. The number of pyridine rings is 1. The van der Waals surface area contributed by atoms with Crippen LogP contribution in [0.15, 0.2) is 60.9 Å². The zero-order valence-corrected chi connectivity index (χ0v) is 16.9. The summed E-state index contributed by atoms with van der Waals surface area (Å²) in [7, 11) is 0. The van der Waals surface area contributed by atoms with Crippen LogP contribution in [-0.2, 0) is 19.4 Å². The molecule has 30 heavy (non-hydrogen) atoms. The zero-order valence-electron chi connectivity index (χ0n) is 16.9. The minimum absolute atomic E-state index is 0.0169. The van der Waals surface area contributed by atoms with Crippen molar-refractivity contribution in [2.45, 2.75) is 26.4 Å². The summed E-state index contributed by atoms with van der Waals surface area (Å²) in [6.07, 6.45) is 4.79. The molecule has 0 atom stereocenters. The number of carbonyl (C=O) groups is 1. The van der Waals surface area contributed by atoms with Gasteiger partial charge in [0, 0.05) is 42.0 Å². The number of carbonyl (C=O) groups excluding carboxylic acids is 1. The van der Waals surface area contributed by atoms with Gasteiger partial charge in [0.1, 0.15) is 5.82 Å². The largest absolute Gasteiger partial charge is 0.392 e. The molecule has 1 amide bonds. The van der Waals surface area contributed by atoms with Crippen LogP contribution in [-0.4, -0.2) is 32.5 Å². The number of nitrogens with zero attached hydrogens (tertiary/aromatic N) is 2. The van der Waals surface area contributed by atoms with Crippen LogP contribution < -0.4 is 5.32 Å². The van der Waals surface area contributed by atoms with Crippen molar-refractivity contribution < 1.29 is 9.90 Å². The number of imidazole rings is 1. The number of aryl methyl sites for hydroxylation is 1. The summed E-state index contributed by atoms with van der Waals surface area (Å²) in [4.78, 5) is 24.4. The van der Waals surface area contributed by atoms with Crippen molar-refractivity contribution >= 4 is 16.8 Å². The quantitative estimate of drug-likeness (QED) is 0.444. The highest BCUT2D eigenvalue weighted by Crippen LogP contribution is 2.24. The fourth-order valence-corrected chi connectivity index (χ4v) is 3.67. The molecular weight excluding hydrogens is 376 g/mol. The van der Waals surface area contributed by atoms with E-state index in [-0.39, 0.29) is 12.5 Å². The summed E-state index contributed by atoms with van der Waals surface area (Å²) < 4.78 is 0. The Labute approximate surface area is 175 Å². The molecule has 0 radical (unpaired) electrons. The van der Waals surface area contributed by atoms with E-state index in [4.69, 9.17) is 4.98 Å². The van der Waals surface area contributed by atoms with E-state index >= 15 is 0 Å². The van der Waals surface area contributed by atoms with E-state index in [1.54, 1.807) is 12.4 Å². The Morgan fingerprint density at radius 3 is 2.80 bits per heavy atom. The number of nitrogens with one attached hydrogen (secondary N) is 2. The van der Waals surface area contributed by atoms with E-state index < -0.39 is 0 Å². The molecule has 6 heteroatoms. The van der Waals surface area contributed by atoms with Gasteiger partial charge < -0.3 is 15.4 Å². The van der Waals surface area contributed by atoms with Crippen molar-refractivity contribution in [1.82, 2.24) is 20.3 Å². The maximum Gasteiger partial charge on any atom is 0.251 e. The van der Waals surface area contributed by atoms with Crippen molar-refractivity contribution in [3.63, 3.8) is 0 Å². The second kappa shape index (κ2) is 8.88. The van der Waals surface area contributed by atoms with Crippen LogP contribution in [0, 0.1) is 6.92 Å². The number of fused-ring (bicyclic) bond motifs is 1. The molecule has 0 fully saturated rings. The zero-order chi connectivity index (χ0) is 20.9. The van der Waals surface area contributed by atoms with Gasteiger partial charge >= 0.3 is 0 Å². The first-order chi connectivity index (χ1) is 14.6. The van der Waals surface area contributed by atoms with Crippen LogP contribution in [0.25, 0.3) is 10.9 Å². The van der Waals surface area contributed by atoms with Crippen molar-refractivity contribution in [2.24, 2.45) is 0 Å². The molecule has 4 rings (SSSR count). The van der Waals surface area contributed by atoms with E-state index in [1.807, 2.05) is 55.5 Å². The van der Waals surface area contributed by atoms with Crippen molar-refractivity contribution in [3.05, 3.63) is 94.7 Å². The Kier molecular flexibility index (Phi) is 5.86. The Hall–Kier alpha value is -3.51. The molecule has 6 nitrogen and oxygen atoms in total. The molecule has 0 bridgehead atoms. The molecule has 4 aromatic rings. The van der Waals surface area contributed by atoms with Crippen LogP contribution in [0.4, 0.5) is 0 Å². The molecule has 3 N–H and O–H groups in total. The Bertz CT molecular complexity index is 1170. The number of benzene rings is 2. The monoisotopic (exact) mass is 400 g/mol. The number of hydrogen-bond acceptors (Lipinski definition) is 4. The molecule has 0 aliphatic heterocycles. The van der Waals surface area contributed by atoms with Crippen LogP contribution in [0.2, 0.25) is 0 Å². The summed E-state index contributed by atoms with van der Waals surface area (Å²) in [5, 5.41) is 13.6. The highest BCUT2D eigenvalue weighted by molar-refractivity contribution is 5.94. The van der Waals surface area contributed by atoms with Crippen molar-refractivity contribution in [1.29, 1.82) is 0 Å². The number of para-hydroxylation sites is 1. The van der Waals surface area contributed by atoms with Gasteiger partial charge in [-0.2, -0.15) is 0 Å². The number of H-pyrrole nitrogens is 1. The molecule has 0 unspecified atom stereocenters. The average molecular weight is 400 g/mol. The third-order valence-corrected chi connectivity index (χ3v) is 5.09. The summed E-state index contributed by atoms with van der Waals surface area (Å²) >= 11 is 0. The van der Waals surface area contributed by atoms with Crippen LogP contribution in [0.5, 0.6) is 0 Å². The third-order valence-electron chi connectivity index (χ3n) is 5.09. The van der Waals surface area contributed by atoms with Gasteiger partial charge in [-0.3, -0.25) is 9.78 Å². The fourth-order valence-electron chi connectivity index (χ4n) is 3.67. The number of aliphatic hydroxyl groups is 1. The first-order valence-electron chi connectivity index (χ1n) is 9.98. The molecule has 0 aliphatic carbocycles. The van der Waals surface area contributed by atoms with E-state index in [2.05, 4.69) is 15.3 Å². The van der Waals surface area contributed by atoms with Gasteiger partial charge in [0.15, 0.2) is 0 Å². The van der Waals surface area contributed by atoms with E-state index in [9.17, 15) is 9.90 Å². The summed E-state index contributed by atoms with van der Waals surface area (Å²) in [6, 6.07) is 15.6. The normalized spacial score (nSPS) is 11.0. The highest BCUT2D eigenvalue weighted by atomic mass is 16.3. The Morgan fingerprint density at radius 1 is 1.13 bits per heavy atom. The number of rotatable bonds is 7. The fraction of sp³-hybridized carbons (Fsp3) is 0.208. The van der Waals surface area contributed by atoms with Gasteiger partial charge in [0.05, 0.1) is 12.1 Å². The third kappa shape index (κ3) is 4.39. The van der Waals surface area contributed by atoms with Gasteiger partial charge in [0.2, 0.25) is 0 Å². The second-order valence-electron chi connectivity index (χ2n) is 7.31. The minimum Gasteiger partial charge on any atom is -0.392 e. The summed E-state index contributed by atoms with van der Waals surface area (Å²) in [5.41, 5.74) is 5.39. The lowest BCUT2D eigenvalue weighted by atomic mass is 9.98. The lowest BCUT2D eigenvalue weighted by Crippen LogP contribution is -2.26. The predicted molar refractivity (Wildman–Crippen MR) is 116 cm³/mol. The molecule has 0 saturated carbocycles. The average Bonchev–Trinajstić information content (AvgIpc) is 3.27. The van der Waals surface area contributed by atoms with Crippen LogP contribution in [0.3, 0.4) is 0 Å². The van der Waals surface area contributed by atoms with E-state index in [1.165, 1.54) is 0 Å². The molecular formula is C24H24N4O2. The smallest absolute Gasteiger partial charge is 0.251 e. The molecule has 2 heterocycles. The van der Waals surface area contributed by atoms with Gasteiger partial charge in [-0.05, 0) is 48.2 Å². The number of aromatic amines is 1. The molecule has 0 aliphatic rings. The van der Waals surface area contributed by atoms with Gasteiger partial charge in [-0.15, -0.1) is 0 Å². The number of aliphatic hydroxyl groups excluding tert-OH is 1. The first-order valence-corrected chi connectivity index (χ1v) is 9.98. The highest BCUT2D eigenvalue weighted by Gasteiger charge is 2.10. The first kappa shape index (κ1) is 19.8. The maximum absolute atomic E-state index is 12.5. The van der Waals surface area contributed by atoms with Gasteiger partial charge in [0.25, 0.3) is 5.91 Å². The SMILES string of the molecule is Cc1cc(CO)c2cccc(Cc3cccc(C(=O)NCCc4ncc[nH]4)c3)c2n1.